The van der Waals surface area contributed by atoms with Gasteiger partial charge in [-0.2, -0.15) is 16.7 Å². The van der Waals surface area contributed by atoms with Gasteiger partial charge in [-0.3, -0.25) is 0 Å². The molecule has 4 nitrogen and oxygen atoms in total. The molecule has 1 aliphatic heterocycles. The maximum atomic E-state index is 5.81. The molecule has 1 aliphatic rings. The third-order valence-corrected chi connectivity index (χ3v) is 3.08. The highest BCUT2D eigenvalue weighted by Gasteiger charge is 2.22. The number of hydrogen-bond donors (Lipinski definition) is 0. The van der Waals surface area contributed by atoms with E-state index >= 15 is 0 Å². The molecule has 0 bridgehead atoms. The van der Waals surface area contributed by atoms with Crippen LogP contribution >= 0.6 is 23.4 Å². The molecule has 14 heavy (non-hydrogen) atoms. The number of nitrogens with zero attached hydrogens (tertiary/aromatic N) is 2. The van der Waals surface area contributed by atoms with E-state index in [1.54, 1.807) is 6.92 Å². The normalized spacial score (nSPS) is 24.9. The average Bonchev–Trinajstić information content (AvgIpc) is 2.68. The van der Waals surface area contributed by atoms with Crippen molar-refractivity contribution in [3.05, 3.63) is 11.7 Å². The summed E-state index contributed by atoms with van der Waals surface area (Å²) in [7, 11) is 0. The van der Waals surface area contributed by atoms with Crippen molar-refractivity contribution in [2.24, 2.45) is 0 Å². The number of thioether (sulfide) groups is 1. The molecule has 0 saturated carbocycles. The summed E-state index contributed by atoms with van der Waals surface area (Å²) in [5.74, 6) is 2.99. The summed E-state index contributed by atoms with van der Waals surface area (Å²) in [4.78, 5) is 4.19. The Bertz CT molecular complexity index is 299. The standard InChI is InChI=1S/C8H11ClN2O2S/c1-5(9)8-10-7(11-13-8)6-4-14-3-2-12-6/h5-6H,2-4H2,1H3. The van der Waals surface area contributed by atoms with Crippen molar-refractivity contribution in [3.8, 4) is 0 Å². The van der Waals surface area contributed by atoms with Crippen LogP contribution in [0.25, 0.3) is 0 Å². The molecule has 2 atom stereocenters. The Morgan fingerprint density at radius 1 is 1.64 bits per heavy atom. The van der Waals surface area contributed by atoms with Crippen LogP contribution in [0, 0.1) is 0 Å². The molecule has 0 aromatic carbocycles. The number of rotatable bonds is 2. The van der Waals surface area contributed by atoms with Gasteiger partial charge in [0, 0.05) is 11.5 Å². The van der Waals surface area contributed by atoms with Crippen molar-refractivity contribution < 1.29 is 9.26 Å². The lowest BCUT2D eigenvalue weighted by atomic mass is 10.4. The SMILES string of the molecule is CC(Cl)c1nc(C2CSCCO2)no1. The van der Waals surface area contributed by atoms with E-state index in [4.69, 9.17) is 20.9 Å². The van der Waals surface area contributed by atoms with Crippen LogP contribution in [-0.2, 0) is 4.74 Å². The van der Waals surface area contributed by atoms with E-state index in [0.717, 1.165) is 18.1 Å². The maximum Gasteiger partial charge on any atom is 0.244 e. The van der Waals surface area contributed by atoms with Crippen molar-refractivity contribution in [2.45, 2.75) is 18.4 Å². The summed E-state index contributed by atoms with van der Waals surface area (Å²) in [6.45, 7) is 2.55. The minimum atomic E-state index is -0.243. The third kappa shape index (κ3) is 2.21. The maximum absolute atomic E-state index is 5.81. The quantitative estimate of drug-likeness (QED) is 0.734. The van der Waals surface area contributed by atoms with Crippen LogP contribution in [0.15, 0.2) is 4.52 Å². The van der Waals surface area contributed by atoms with Gasteiger partial charge in [0.2, 0.25) is 11.7 Å². The summed E-state index contributed by atoms with van der Waals surface area (Å²) >= 11 is 7.65. The lowest BCUT2D eigenvalue weighted by Gasteiger charge is -2.18. The van der Waals surface area contributed by atoms with Crippen molar-refractivity contribution in [1.82, 2.24) is 10.1 Å². The van der Waals surface area contributed by atoms with Crippen molar-refractivity contribution in [1.29, 1.82) is 0 Å². The molecule has 0 amide bonds. The Morgan fingerprint density at radius 2 is 2.50 bits per heavy atom. The van der Waals surface area contributed by atoms with Crippen LogP contribution < -0.4 is 0 Å². The first-order valence-corrected chi connectivity index (χ1v) is 6.03. The van der Waals surface area contributed by atoms with Gasteiger partial charge in [-0.1, -0.05) is 5.16 Å². The number of ether oxygens (including phenoxy) is 1. The molecular weight excluding hydrogens is 224 g/mol. The number of aromatic nitrogens is 2. The molecule has 1 aromatic heterocycles. The first-order valence-electron chi connectivity index (χ1n) is 4.44. The fraction of sp³-hybridized carbons (Fsp3) is 0.750. The van der Waals surface area contributed by atoms with E-state index in [-0.39, 0.29) is 11.5 Å². The Morgan fingerprint density at radius 3 is 3.07 bits per heavy atom. The molecule has 78 valence electrons. The zero-order chi connectivity index (χ0) is 9.97. The van der Waals surface area contributed by atoms with Crippen LogP contribution in [-0.4, -0.2) is 28.3 Å². The van der Waals surface area contributed by atoms with E-state index < -0.39 is 0 Å². The van der Waals surface area contributed by atoms with Crippen molar-refractivity contribution in [2.75, 3.05) is 18.1 Å². The van der Waals surface area contributed by atoms with Crippen LogP contribution in [0.5, 0.6) is 0 Å². The Labute approximate surface area is 91.3 Å². The molecule has 0 N–H and O–H groups in total. The topological polar surface area (TPSA) is 48.2 Å². The summed E-state index contributed by atoms with van der Waals surface area (Å²) in [6, 6.07) is 0. The summed E-state index contributed by atoms with van der Waals surface area (Å²) in [6.07, 6.45) is -0.0401. The molecule has 2 unspecified atom stereocenters. The minimum Gasteiger partial charge on any atom is -0.368 e. The Balaban J connectivity index is 2.07. The zero-order valence-electron chi connectivity index (χ0n) is 7.77. The number of hydrogen-bond acceptors (Lipinski definition) is 5. The Hall–Kier alpha value is -0.260. The molecule has 1 aromatic rings. The van der Waals surface area contributed by atoms with Crippen LogP contribution in [0.2, 0.25) is 0 Å². The van der Waals surface area contributed by atoms with Crippen LogP contribution in [0.3, 0.4) is 0 Å². The highest BCUT2D eigenvalue weighted by atomic mass is 35.5. The molecule has 2 heterocycles. The van der Waals surface area contributed by atoms with Gasteiger partial charge in [-0.15, -0.1) is 11.6 Å². The minimum absolute atomic E-state index is 0.0401. The van der Waals surface area contributed by atoms with Gasteiger partial charge < -0.3 is 9.26 Å². The molecular formula is C8H11ClN2O2S. The molecule has 1 saturated heterocycles. The average molecular weight is 235 g/mol. The van der Waals surface area contributed by atoms with Gasteiger partial charge in [-0.05, 0) is 6.92 Å². The van der Waals surface area contributed by atoms with E-state index in [1.165, 1.54) is 0 Å². The predicted molar refractivity (Wildman–Crippen MR) is 54.6 cm³/mol. The molecule has 0 aliphatic carbocycles. The van der Waals surface area contributed by atoms with Gasteiger partial charge in [0.15, 0.2) is 0 Å². The second-order valence-corrected chi connectivity index (χ2v) is 4.85. The number of alkyl halides is 1. The molecule has 2 rings (SSSR count). The lowest BCUT2D eigenvalue weighted by molar-refractivity contribution is 0.0677. The fourth-order valence-electron chi connectivity index (χ4n) is 1.18. The lowest BCUT2D eigenvalue weighted by Crippen LogP contribution is -2.16. The van der Waals surface area contributed by atoms with Crippen LogP contribution in [0.4, 0.5) is 0 Å². The van der Waals surface area contributed by atoms with E-state index in [0.29, 0.717) is 11.7 Å². The second kappa shape index (κ2) is 4.51. The summed E-state index contributed by atoms with van der Waals surface area (Å²) in [5.41, 5.74) is 0. The monoisotopic (exact) mass is 234 g/mol. The molecule has 0 radical (unpaired) electrons. The first-order chi connectivity index (χ1) is 6.77. The summed E-state index contributed by atoms with van der Waals surface area (Å²) < 4.78 is 10.5. The van der Waals surface area contributed by atoms with Gasteiger partial charge in [0.05, 0.1) is 6.61 Å². The first kappa shape index (κ1) is 10.3. The van der Waals surface area contributed by atoms with Crippen molar-refractivity contribution in [3.63, 3.8) is 0 Å². The molecule has 6 heteroatoms. The highest BCUT2D eigenvalue weighted by Crippen LogP contribution is 2.26. The fourth-order valence-corrected chi connectivity index (χ4v) is 2.11. The predicted octanol–water partition coefficient (Wildman–Crippen LogP) is 2.17. The summed E-state index contributed by atoms with van der Waals surface area (Å²) in [5, 5.41) is 3.61. The third-order valence-electron chi connectivity index (χ3n) is 1.90. The largest absolute Gasteiger partial charge is 0.368 e. The van der Waals surface area contributed by atoms with E-state index in [2.05, 4.69) is 10.1 Å². The molecule has 1 fully saturated rings. The van der Waals surface area contributed by atoms with Gasteiger partial charge in [0.25, 0.3) is 0 Å². The Kier molecular flexibility index (Phi) is 3.30. The highest BCUT2D eigenvalue weighted by molar-refractivity contribution is 7.99. The van der Waals surface area contributed by atoms with E-state index in [1.807, 2.05) is 11.8 Å². The second-order valence-electron chi connectivity index (χ2n) is 3.04. The van der Waals surface area contributed by atoms with E-state index in [9.17, 15) is 0 Å². The smallest absolute Gasteiger partial charge is 0.244 e. The number of halogens is 1. The van der Waals surface area contributed by atoms with Crippen LogP contribution in [0.1, 0.15) is 30.1 Å². The van der Waals surface area contributed by atoms with Gasteiger partial charge in [0.1, 0.15) is 11.5 Å². The van der Waals surface area contributed by atoms with Gasteiger partial charge >= 0.3 is 0 Å². The zero-order valence-corrected chi connectivity index (χ0v) is 9.35. The van der Waals surface area contributed by atoms with Gasteiger partial charge in [-0.25, -0.2) is 0 Å². The molecule has 0 spiro atoms. The van der Waals surface area contributed by atoms with Crippen molar-refractivity contribution >= 4 is 23.4 Å².